The van der Waals surface area contributed by atoms with Crippen LogP contribution in [-0.2, 0) is 25.8 Å². The predicted octanol–water partition coefficient (Wildman–Crippen LogP) is 4.00. The fraction of sp³-hybridized carbons (Fsp3) is 0.435. The number of aromatic amines is 1. The molecule has 0 radical (unpaired) electrons. The molecule has 0 bridgehead atoms. The van der Waals surface area contributed by atoms with E-state index in [2.05, 4.69) is 54.5 Å². The molecule has 0 fully saturated rings. The van der Waals surface area contributed by atoms with Crippen LogP contribution in [0.4, 0.5) is 0 Å². The molecule has 0 aliphatic heterocycles. The number of benzene rings is 1. The first-order chi connectivity index (χ1) is 13.6. The second-order valence-corrected chi connectivity index (χ2v) is 7.85. The summed E-state index contributed by atoms with van der Waals surface area (Å²) in [6.45, 7) is 8.05. The van der Waals surface area contributed by atoms with Crippen molar-refractivity contribution in [2.24, 2.45) is 0 Å². The van der Waals surface area contributed by atoms with Gasteiger partial charge in [0.05, 0.1) is 11.9 Å². The zero-order valence-corrected chi connectivity index (χ0v) is 17.1. The number of rotatable bonds is 6. The highest BCUT2D eigenvalue weighted by Gasteiger charge is 2.15. The van der Waals surface area contributed by atoms with Gasteiger partial charge < -0.3 is 5.32 Å². The summed E-state index contributed by atoms with van der Waals surface area (Å²) >= 11 is 0. The van der Waals surface area contributed by atoms with Gasteiger partial charge in [0.1, 0.15) is 5.82 Å². The molecule has 0 atom stereocenters. The molecule has 4 rings (SSSR count). The van der Waals surface area contributed by atoms with Crippen LogP contribution < -0.4 is 5.32 Å². The molecule has 0 saturated heterocycles. The molecule has 0 saturated carbocycles. The van der Waals surface area contributed by atoms with Crippen molar-refractivity contribution in [3.63, 3.8) is 0 Å². The summed E-state index contributed by atoms with van der Waals surface area (Å²) in [5, 5.41) is 10.9. The molecule has 2 aromatic heterocycles. The van der Waals surface area contributed by atoms with E-state index < -0.39 is 0 Å². The van der Waals surface area contributed by atoms with Crippen molar-refractivity contribution in [2.75, 3.05) is 6.54 Å². The number of aromatic nitrogens is 4. The van der Waals surface area contributed by atoms with Gasteiger partial charge in [-0.3, -0.25) is 5.10 Å². The van der Waals surface area contributed by atoms with Gasteiger partial charge >= 0.3 is 0 Å². The zero-order chi connectivity index (χ0) is 19.5. The molecule has 146 valence electrons. The van der Waals surface area contributed by atoms with E-state index >= 15 is 0 Å². The van der Waals surface area contributed by atoms with Crippen LogP contribution in [0.5, 0.6) is 0 Å². The van der Waals surface area contributed by atoms with Gasteiger partial charge in [0.25, 0.3) is 0 Å². The normalized spacial score (nSPS) is 13.5. The third kappa shape index (κ3) is 3.99. The summed E-state index contributed by atoms with van der Waals surface area (Å²) in [5.74, 6) is 0.965. The van der Waals surface area contributed by atoms with Crippen LogP contribution in [0, 0.1) is 20.8 Å². The molecule has 0 spiro atoms. The second-order valence-electron chi connectivity index (χ2n) is 7.85. The van der Waals surface area contributed by atoms with E-state index in [1.54, 1.807) is 0 Å². The first-order valence-electron chi connectivity index (χ1n) is 10.3. The molecule has 2 N–H and O–H groups in total. The maximum atomic E-state index is 4.82. The molecule has 2 heterocycles. The number of H-pyrrole nitrogens is 1. The second kappa shape index (κ2) is 8.23. The van der Waals surface area contributed by atoms with E-state index in [9.17, 15) is 0 Å². The van der Waals surface area contributed by atoms with Gasteiger partial charge in [-0.2, -0.15) is 5.10 Å². The molecule has 1 aliphatic carbocycles. The number of nitrogens with one attached hydrogen (secondary N) is 2. The lowest BCUT2D eigenvalue weighted by Crippen LogP contribution is -2.19. The topological polar surface area (TPSA) is 66.5 Å². The van der Waals surface area contributed by atoms with E-state index in [1.165, 1.54) is 52.0 Å². The largest absolute Gasteiger partial charge is 0.312 e. The third-order valence-electron chi connectivity index (χ3n) is 5.79. The van der Waals surface area contributed by atoms with Crippen LogP contribution in [0.1, 0.15) is 52.3 Å². The molecular formula is C23H29N5. The Hall–Kier alpha value is -2.53. The minimum Gasteiger partial charge on any atom is -0.312 e. The minimum atomic E-state index is 0.780. The molecule has 5 heteroatoms. The Kier molecular flexibility index (Phi) is 5.53. The maximum Gasteiger partial charge on any atom is 0.130 e. The highest BCUT2D eigenvalue weighted by Crippen LogP contribution is 2.24. The average Bonchev–Trinajstić information content (AvgIpc) is 3.16. The number of hydrogen-bond donors (Lipinski definition) is 2. The van der Waals surface area contributed by atoms with Crippen LogP contribution in [0.3, 0.4) is 0 Å². The lowest BCUT2D eigenvalue weighted by Gasteiger charge is -2.17. The first-order valence-corrected chi connectivity index (χ1v) is 10.3. The van der Waals surface area contributed by atoms with Crippen LogP contribution in [0.25, 0.3) is 11.3 Å². The van der Waals surface area contributed by atoms with E-state index in [0.29, 0.717) is 0 Å². The van der Waals surface area contributed by atoms with Crippen LogP contribution >= 0.6 is 0 Å². The van der Waals surface area contributed by atoms with Crippen molar-refractivity contribution in [1.29, 1.82) is 0 Å². The lowest BCUT2D eigenvalue weighted by molar-refractivity contribution is 0.631. The summed E-state index contributed by atoms with van der Waals surface area (Å²) in [7, 11) is 0. The van der Waals surface area contributed by atoms with Crippen molar-refractivity contribution in [2.45, 2.75) is 59.4 Å². The number of nitrogens with zero attached hydrogens (tertiary/aromatic N) is 3. The molecule has 5 nitrogen and oxygen atoms in total. The van der Waals surface area contributed by atoms with Crippen LogP contribution in [0.2, 0.25) is 0 Å². The van der Waals surface area contributed by atoms with Crippen molar-refractivity contribution < 1.29 is 0 Å². The predicted molar refractivity (Wildman–Crippen MR) is 112 cm³/mol. The first kappa shape index (κ1) is 18.8. The van der Waals surface area contributed by atoms with Gasteiger partial charge in [0.2, 0.25) is 0 Å². The Bertz CT molecular complexity index is 973. The Morgan fingerprint density at radius 1 is 1.04 bits per heavy atom. The van der Waals surface area contributed by atoms with Crippen molar-refractivity contribution in [3.8, 4) is 11.3 Å². The standard InChI is InChI=1S/C23H29N5/c1-15-8-9-18(12-16(15)2)23-19(14-25-28-23)13-24-11-10-22-26-17(3)20-6-4-5-7-21(20)27-22/h8-9,12,14,24H,4-7,10-11,13H2,1-3H3,(H,25,28). The van der Waals surface area contributed by atoms with Gasteiger partial charge in [-0.25, -0.2) is 9.97 Å². The van der Waals surface area contributed by atoms with E-state index in [-0.39, 0.29) is 0 Å². The maximum absolute atomic E-state index is 4.82. The zero-order valence-electron chi connectivity index (χ0n) is 17.1. The van der Waals surface area contributed by atoms with Gasteiger partial charge in [-0.05, 0) is 69.2 Å². The summed E-state index contributed by atoms with van der Waals surface area (Å²) in [5.41, 5.74) is 9.91. The third-order valence-corrected chi connectivity index (χ3v) is 5.79. The van der Waals surface area contributed by atoms with Gasteiger partial charge in [0.15, 0.2) is 0 Å². The summed E-state index contributed by atoms with van der Waals surface area (Å²) in [6.07, 6.45) is 7.53. The van der Waals surface area contributed by atoms with Crippen molar-refractivity contribution in [1.82, 2.24) is 25.5 Å². The summed E-state index contributed by atoms with van der Waals surface area (Å²) in [6, 6.07) is 6.54. The Morgan fingerprint density at radius 3 is 2.75 bits per heavy atom. The fourth-order valence-corrected chi connectivity index (χ4v) is 3.97. The van der Waals surface area contributed by atoms with E-state index in [0.717, 1.165) is 43.9 Å². The summed E-state index contributed by atoms with van der Waals surface area (Å²) < 4.78 is 0. The van der Waals surface area contributed by atoms with Gasteiger partial charge in [-0.15, -0.1) is 0 Å². The molecule has 0 unspecified atom stereocenters. The average molecular weight is 376 g/mol. The smallest absolute Gasteiger partial charge is 0.130 e. The fourth-order valence-electron chi connectivity index (χ4n) is 3.97. The molecule has 3 aromatic rings. The van der Waals surface area contributed by atoms with Gasteiger partial charge in [-0.1, -0.05) is 12.1 Å². The van der Waals surface area contributed by atoms with Gasteiger partial charge in [0, 0.05) is 42.0 Å². The minimum absolute atomic E-state index is 0.780. The Balaban J connectivity index is 1.37. The molecule has 28 heavy (non-hydrogen) atoms. The highest BCUT2D eigenvalue weighted by molar-refractivity contribution is 5.64. The quantitative estimate of drug-likeness (QED) is 0.639. The number of hydrogen-bond acceptors (Lipinski definition) is 4. The van der Waals surface area contributed by atoms with Crippen molar-refractivity contribution >= 4 is 0 Å². The lowest BCUT2D eigenvalue weighted by atomic mass is 9.95. The Morgan fingerprint density at radius 2 is 1.89 bits per heavy atom. The van der Waals surface area contributed by atoms with E-state index in [4.69, 9.17) is 9.97 Å². The monoisotopic (exact) mass is 375 g/mol. The highest BCUT2D eigenvalue weighted by atomic mass is 15.1. The van der Waals surface area contributed by atoms with Crippen LogP contribution in [0.15, 0.2) is 24.4 Å². The molecule has 1 aromatic carbocycles. The Labute approximate surface area is 167 Å². The number of aryl methyl sites for hydroxylation is 4. The van der Waals surface area contributed by atoms with E-state index in [1.807, 2.05) is 6.20 Å². The molecule has 1 aliphatic rings. The number of fused-ring (bicyclic) bond motifs is 1. The van der Waals surface area contributed by atoms with Crippen LogP contribution in [-0.4, -0.2) is 26.7 Å². The van der Waals surface area contributed by atoms with Crippen molar-refractivity contribution in [3.05, 3.63) is 63.9 Å². The summed E-state index contributed by atoms with van der Waals surface area (Å²) in [4.78, 5) is 9.56. The molecular weight excluding hydrogens is 346 g/mol. The SMILES string of the molecule is Cc1ccc(-c2[nH]ncc2CNCCc2nc(C)c3c(n2)CCCC3)cc1C. The molecule has 0 amide bonds.